The Balaban J connectivity index is 2.59. The Hall–Kier alpha value is -1.06. The lowest BCUT2D eigenvalue weighted by Gasteiger charge is -2.29. The molecule has 96 valence electrons. The van der Waals surface area contributed by atoms with E-state index in [4.69, 9.17) is 15.2 Å². The summed E-state index contributed by atoms with van der Waals surface area (Å²) in [6.45, 7) is 7.51. The lowest BCUT2D eigenvalue weighted by Crippen LogP contribution is -2.36. The molecule has 1 rings (SSSR count). The average Bonchev–Trinajstić information content (AvgIpc) is 2.28. The van der Waals surface area contributed by atoms with Gasteiger partial charge in [0, 0.05) is 6.54 Å². The largest absolute Gasteiger partial charge is 0.497 e. The van der Waals surface area contributed by atoms with Crippen LogP contribution >= 0.6 is 0 Å². The molecule has 0 aliphatic rings. The van der Waals surface area contributed by atoms with Crippen molar-refractivity contribution in [2.45, 2.75) is 33.5 Å². The Morgan fingerprint density at radius 1 is 1.29 bits per heavy atom. The van der Waals surface area contributed by atoms with Crippen LogP contribution in [-0.2, 0) is 11.3 Å². The van der Waals surface area contributed by atoms with Crippen LogP contribution in [0.5, 0.6) is 5.75 Å². The van der Waals surface area contributed by atoms with E-state index >= 15 is 0 Å². The highest BCUT2D eigenvalue weighted by Gasteiger charge is 2.23. The molecule has 17 heavy (non-hydrogen) atoms. The molecule has 3 heteroatoms. The average molecular weight is 237 g/mol. The molecule has 2 N–H and O–H groups in total. The lowest BCUT2D eigenvalue weighted by molar-refractivity contribution is -0.0217. The van der Waals surface area contributed by atoms with Gasteiger partial charge in [0.15, 0.2) is 0 Å². The molecule has 0 bridgehead atoms. The van der Waals surface area contributed by atoms with Crippen LogP contribution in [0.25, 0.3) is 0 Å². The highest BCUT2D eigenvalue weighted by atomic mass is 16.5. The molecule has 0 saturated carbocycles. The fourth-order valence-corrected chi connectivity index (χ4v) is 1.63. The molecule has 3 nitrogen and oxygen atoms in total. The van der Waals surface area contributed by atoms with Gasteiger partial charge in [-0.3, -0.25) is 0 Å². The summed E-state index contributed by atoms with van der Waals surface area (Å²) in [6, 6.07) is 7.90. The number of benzene rings is 1. The predicted molar refractivity (Wildman–Crippen MR) is 70.1 cm³/mol. The molecule has 0 aromatic heterocycles. The van der Waals surface area contributed by atoms with Crippen molar-refractivity contribution in [1.29, 1.82) is 0 Å². The van der Waals surface area contributed by atoms with E-state index in [0.717, 1.165) is 11.3 Å². The van der Waals surface area contributed by atoms with E-state index in [1.165, 1.54) is 0 Å². The van der Waals surface area contributed by atoms with Gasteiger partial charge < -0.3 is 15.2 Å². The third kappa shape index (κ3) is 4.36. The van der Waals surface area contributed by atoms with Crippen molar-refractivity contribution in [3.63, 3.8) is 0 Å². The minimum atomic E-state index is 0.0631. The van der Waals surface area contributed by atoms with Crippen LogP contribution < -0.4 is 10.5 Å². The smallest absolute Gasteiger partial charge is 0.119 e. The van der Waals surface area contributed by atoms with Crippen molar-refractivity contribution in [3.05, 3.63) is 29.8 Å². The normalized spacial score (nSPS) is 13.5. The zero-order chi connectivity index (χ0) is 12.9. The molecule has 1 unspecified atom stereocenters. The van der Waals surface area contributed by atoms with Crippen LogP contribution in [0.1, 0.15) is 26.3 Å². The van der Waals surface area contributed by atoms with Crippen LogP contribution in [0.3, 0.4) is 0 Å². The van der Waals surface area contributed by atoms with Gasteiger partial charge in [-0.2, -0.15) is 0 Å². The first-order chi connectivity index (χ1) is 7.97. The number of hydrogen-bond donors (Lipinski definition) is 1. The second-order valence-corrected chi connectivity index (χ2v) is 5.25. The molecule has 1 aromatic rings. The van der Waals surface area contributed by atoms with Crippen LogP contribution in [0.15, 0.2) is 24.3 Å². The Morgan fingerprint density at radius 3 is 2.53 bits per heavy atom. The summed E-state index contributed by atoms with van der Waals surface area (Å²) in [5, 5.41) is 0. The van der Waals surface area contributed by atoms with Crippen LogP contribution in [-0.4, -0.2) is 19.8 Å². The number of methoxy groups -OCH3 is 1. The maximum absolute atomic E-state index is 5.86. The molecule has 1 aromatic carbocycles. The van der Waals surface area contributed by atoms with Crippen LogP contribution in [0.4, 0.5) is 0 Å². The third-order valence-electron chi connectivity index (χ3n) is 2.77. The van der Waals surface area contributed by atoms with Crippen molar-refractivity contribution < 1.29 is 9.47 Å². The van der Waals surface area contributed by atoms with Gasteiger partial charge in [0.05, 0.1) is 19.8 Å². The predicted octanol–water partition coefficient (Wildman–Crippen LogP) is 2.59. The minimum absolute atomic E-state index is 0.0631. The topological polar surface area (TPSA) is 44.5 Å². The summed E-state index contributed by atoms with van der Waals surface area (Å²) >= 11 is 0. The second-order valence-electron chi connectivity index (χ2n) is 5.25. The minimum Gasteiger partial charge on any atom is -0.497 e. The highest BCUT2D eigenvalue weighted by Crippen LogP contribution is 2.23. The van der Waals surface area contributed by atoms with Gasteiger partial charge in [0.1, 0.15) is 5.75 Å². The molecular weight excluding hydrogens is 214 g/mol. The summed E-state index contributed by atoms with van der Waals surface area (Å²) in [6.07, 6.45) is 0.0636. The molecule has 0 spiro atoms. The lowest BCUT2D eigenvalue weighted by atomic mass is 9.89. The molecule has 0 amide bonds. The summed E-state index contributed by atoms with van der Waals surface area (Å²) in [7, 11) is 1.66. The van der Waals surface area contributed by atoms with E-state index in [1.54, 1.807) is 7.11 Å². The van der Waals surface area contributed by atoms with Gasteiger partial charge in [-0.15, -0.1) is 0 Å². The van der Waals surface area contributed by atoms with E-state index in [1.807, 2.05) is 24.3 Å². The van der Waals surface area contributed by atoms with Crippen molar-refractivity contribution in [2.75, 3.05) is 13.7 Å². The van der Waals surface area contributed by atoms with E-state index < -0.39 is 0 Å². The Morgan fingerprint density at radius 2 is 2.00 bits per heavy atom. The monoisotopic (exact) mass is 237 g/mol. The number of rotatable bonds is 5. The standard InChI is InChI=1S/C14H23NO2/c1-14(2,3)13(9-15)17-10-11-6-5-7-12(8-11)16-4/h5-8,13H,9-10,15H2,1-4H3. The number of ether oxygens (including phenoxy) is 2. The van der Waals surface area contributed by atoms with Crippen molar-refractivity contribution in [3.8, 4) is 5.75 Å². The SMILES string of the molecule is COc1cccc(COC(CN)C(C)(C)C)c1. The maximum Gasteiger partial charge on any atom is 0.119 e. The van der Waals surface area contributed by atoms with Gasteiger partial charge >= 0.3 is 0 Å². The van der Waals surface area contributed by atoms with Gasteiger partial charge in [0.2, 0.25) is 0 Å². The molecule has 1 atom stereocenters. The number of nitrogens with two attached hydrogens (primary N) is 1. The van der Waals surface area contributed by atoms with E-state index in [2.05, 4.69) is 20.8 Å². The fraction of sp³-hybridized carbons (Fsp3) is 0.571. The number of hydrogen-bond acceptors (Lipinski definition) is 3. The first kappa shape index (κ1) is 14.0. The van der Waals surface area contributed by atoms with Gasteiger partial charge in [-0.1, -0.05) is 32.9 Å². The quantitative estimate of drug-likeness (QED) is 0.856. The molecular formula is C14H23NO2. The van der Waals surface area contributed by atoms with Gasteiger partial charge in [-0.05, 0) is 23.1 Å². The van der Waals surface area contributed by atoms with E-state index in [-0.39, 0.29) is 11.5 Å². The first-order valence-corrected chi connectivity index (χ1v) is 5.92. The zero-order valence-electron chi connectivity index (χ0n) is 11.2. The molecule has 0 saturated heterocycles. The van der Waals surface area contributed by atoms with E-state index in [0.29, 0.717) is 13.2 Å². The Kier molecular flexibility index (Phi) is 4.97. The Labute approximate surface area is 104 Å². The Bertz CT molecular complexity index is 344. The van der Waals surface area contributed by atoms with Gasteiger partial charge in [0.25, 0.3) is 0 Å². The molecule has 0 radical (unpaired) electrons. The summed E-state index contributed by atoms with van der Waals surface area (Å²) < 4.78 is 11.0. The molecule has 0 aliphatic carbocycles. The third-order valence-corrected chi connectivity index (χ3v) is 2.77. The highest BCUT2D eigenvalue weighted by molar-refractivity contribution is 5.27. The molecule has 0 aliphatic heterocycles. The van der Waals surface area contributed by atoms with E-state index in [9.17, 15) is 0 Å². The summed E-state index contributed by atoms with van der Waals surface area (Å²) in [4.78, 5) is 0. The summed E-state index contributed by atoms with van der Waals surface area (Å²) in [5.41, 5.74) is 6.90. The first-order valence-electron chi connectivity index (χ1n) is 5.92. The molecule has 0 heterocycles. The summed E-state index contributed by atoms with van der Waals surface area (Å²) in [5.74, 6) is 0.853. The van der Waals surface area contributed by atoms with Crippen LogP contribution in [0.2, 0.25) is 0 Å². The van der Waals surface area contributed by atoms with Crippen molar-refractivity contribution >= 4 is 0 Å². The maximum atomic E-state index is 5.86. The molecule has 0 fully saturated rings. The van der Waals surface area contributed by atoms with Crippen LogP contribution in [0, 0.1) is 5.41 Å². The fourth-order valence-electron chi connectivity index (χ4n) is 1.63. The zero-order valence-corrected chi connectivity index (χ0v) is 11.2. The van der Waals surface area contributed by atoms with Crippen molar-refractivity contribution in [1.82, 2.24) is 0 Å². The van der Waals surface area contributed by atoms with Crippen molar-refractivity contribution in [2.24, 2.45) is 11.1 Å². The van der Waals surface area contributed by atoms with Gasteiger partial charge in [-0.25, -0.2) is 0 Å². The second kappa shape index (κ2) is 6.03.